The molecule has 0 aliphatic carbocycles. The quantitative estimate of drug-likeness (QED) is 0.832. The maximum atomic E-state index is 13.6. The van der Waals surface area contributed by atoms with Gasteiger partial charge in [-0.15, -0.1) is 0 Å². The zero-order valence-electron chi connectivity index (χ0n) is 12.9. The predicted molar refractivity (Wildman–Crippen MR) is 84.9 cm³/mol. The summed E-state index contributed by atoms with van der Waals surface area (Å²) >= 11 is 5.82. The molecule has 1 aromatic carbocycles. The van der Waals surface area contributed by atoms with Crippen LogP contribution in [0, 0.1) is 11.7 Å². The second-order valence-electron chi connectivity index (χ2n) is 5.49. The summed E-state index contributed by atoms with van der Waals surface area (Å²) in [5.41, 5.74) is -0.252. The Morgan fingerprint density at radius 3 is 2.87 bits per heavy atom. The van der Waals surface area contributed by atoms with Crippen LogP contribution in [0.3, 0.4) is 0 Å². The van der Waals surface area contributed by atoms with Gasteiger partial charge < -0.3 is 15.4 Å². The molecule has 5 nitrogen and oxygen atoms in total. The second kappa shape index (κ2) is 8.26. The number of hydrogen-bond donors (Lipinski definition) is 2. The van der Waals surface area contributed by atoms with Crippen molar-refractivity contribution < 1.29 is 18.7 Å². The largest absolute Gasteiger partial charge is 0.381 e. The summed E-state index contributed by atoms with van der Waals surface area (Å²) in [5, 5.41) is 5.29. The molecule has 1 aliphatic rings. The number of carbonyl (C=O) groups excluding carboxylic acids is 2. The average molecular weight is 343 g/mol. The minimum atomic E-state index is -0.718. The van der Waals surface area contributed by atoms with Crippen LogP contribution in [-0.4, -0.2) is 37.6 Å². The summed E-state index contributed by atoms with van der Waals surface area (Å²) in [6.45, 7) is 3.10. The van der Waals surface area contributed by atoms with Crippen molar-refractivity contribution in [1.29, 1.82) is 0 Å². The van der Waals surface area contributed by atoms with Crippen molar-refractivity contribution in [2.75, 3.05) is 19.8 Å². The van der Waals surface area contributed by atoms with Crippen LogP contribution in [0.1, 0.15) is 30.1 Å². The molecule has 2 atom stereocenters. The lowest BCUT2D eigenvalue weighted by atomic mass is 9.97. The Morgan fingerprint density at radius 1 is 1.48 bits per heavy atom. The van der Waals surface area contributed by atoms with Gasteiger partial charge >= 0.3 is 0 Å². The molecule has 2 rings (SSSR count). The van der Waals surface area contributed by atoms with Gasteiger partial charge in [0, 0.05) is 18.6 Å². The Bertz CT molecular complexity index is 556. The number of hydrogen-bond acceptors (Lipinski definition) is 3. The Labute approximate surface area is 139 Å². The van der Waals surface area contributed by atoms with Crippen molar-refractivity contribution >= 4 is 23.4 Å². The highest BCUT2D eigenvalue weighted by Gasteiger charge is 2.26. The normalized spacial score (nSPS) is 18.5. The number of halogens is 2. The van der Waals surface area contributed by atoms with Crippen LogP contribution in [0.15, 0.2) is 18.2 Å². The molecule has 1 fully saturated rings. The molecular formula is C16H20ClFN2O3. The summed E-state index contributed by atoms with van der Waals surface area (Å²) < 4.78 is 19.0. The molecule has 2 amide bonds. The van der Waals surface area contributed by atoms with Crippen molar-refractivity contribution in [3.63, 3.8) is 0 Å². The summed E-state index contributed by atoms with van der Waals surface area (Å²) in [6.07, 6.45) is 1.70. The fourth-order valence-electron chi connectivity index (χ4n) is 2.64. The maximum absolute atomic E-state index is 13.6. The summed E-state index contributed by atoms with van der Waals surface area (Å²) in [6, 6.07) is 4.00. The highest BCUT2D eigenvalue weighted by molar-refractivity contribution is 6.33. The van der Waals surface area contributed by atoms with Gasteiger partial charge in [0.05, 0.1) is 23.7 Å². The SMILES string of the molecule is CC[C@@H](NC(=O)CNC(=O)c1c(F)cccc1Cl)[C@H]1CCOC1. The molecule has 1 aliphatic heterocycles. The first-order chi connectivity index (χ1) is 11.0. The summed E-state index contributed by atoms with van der Waals surface area (Å²) in [7, 11) is 0. The molecule has 126 valence electrons. The van der Waals surface area contributed by atoms with E-state index in [1.54, 1.807) is 0 Å². The summed E-state index contributed by atoms with van der Waals surface area (Å²) in [4.78, 5) is 23.9. The van der Waals surface area contributed by atoms with E-state index in [4.69, 9.17) is 16.3 Å². The van der Waals surface area contributed by atoms with Crippen molar-refractivity contribution in [3.05, 3.63) is 34.6 Å². The Morgan fingerprint density at radius 2 is 2.26 bits per heavy atom. The van der Waals surface area contributed by atoms with E-state index in [0.29, 0.717) is 19.1 Å². The predicted octanol–water partition coefficient (Wildman–Crippen LogP) is 2.14. The zero-order chi connectivity index (χ0) is 16.8. The minimum Gasteiger partial charge on any atom is -0.381 e. The number of rotatable bonds is 6. The first-order valence-electron chi connectivity index (χ1n) is 7.62. The van der Waals surface area contributed by atoms with Crippen molar-refractivity contribution in [1.82, 2.24) is 10.6 Å². The molecular weight excluding hydrogens is 323 g/mol. The Hall–Kier alpha value is -1.66. The van der Waals surface area contributed by atoms with Gasteiger partial charge in [-0.3, -0.25) is 9.59 Å². The van der Waals surface area contributed by atoms with Gasteiger partial charge in [0.1, 0.15) is 5.82 Å². The molecule has 1 saturated heterocycles. The fourth-order valence-corrected chi connectivity index (χ4v) is 2.89. The van der Waals surface area contributed by atoms with E-state index in [1.165, 1.54) is 12.1 Å². The smallest absolute Gasteiger partial charge is 0.256 e. The number of carbonyl (C=O) groups is 2. The van der Waals surface area contributed by atoms with Crippen LogP contribution in [0.25, 0.3) is 0 Å². The molecule has 23 heavy (non-hydrogen) atoms. The van der Waals surface area contributed by atoms with Crippen LogP contribution < -0.4 is 10.6 Å². The number of ether oxygens (including phenoxy) is 1. The standard InChI is InChI=1S/C16H20ClFN2O3/c1-2-13(10-6-7-23-9-10)20-14(21)8-19-16(22)15-11(17)4-3-5-12(15)18/h3-5,10,13H,2,6-9H2,1H3,(H,19,22)(H,20,21)/t10-,13+/m0/s1. The molecule has 7 heteroatoms. The van der Waals surface area contributed by atoms with Crippen LogP contribution in [-0.2, 0) is 9.53 Å². The Balaban J connectivity index is 1.87. The van der Waals surface area contributed by atoms with Crippen LogP contribution in [0.2, 0.25) is 5.02 Å². The minimum absolute atomic E-state index is 0.0115. The number of amides is 2. The fraction of sp³-hybridized carbons (Fsp3) is 0.500. The van der Waals surface area contributed by atoms with Crippen LogP contribution in [0.5, 0.6) is 0 Å². The van der Waals surface area contributed by atoms with Crippen molar-refractivity contribution in [2.24, 2.45) is 5.92 Å². The number of benzene rings is 1. The van der Waals surface area contributed by atoms with Gasteiger partial charge in [-0.05, 0) is 25.0 Å². The zero-order valence-corrected chi connectivity index (χ0v) is 13.7. The van der Waals surface area contributed by atoms with E-state index in [1.807, 2.05) is 6.92 Å². The third-order valence-electron chi connectivity index (χ3n) is 3.92. The van der Waals surface area contributed by atoms with Gasteiger partial charge in [-0.1, -0.05) is 24.6 Å². The van der Waals surface area contributed by atoms with E-state index in [0.717, 1.165) is 18.9 Å². The molecule has 0 bridgehead atoms. The third-order valence-corrected chi connectivity index (χ3v) is 4.23. The Kier molecular flexibility index (Phi) is 6.36. The topological polar surface area (TPSA) is 67.4 Å². The molecule has 0 saturated carbocycles. The molecule has 2 N–H and O–H groups in total. The maximum Gasteiger partial charge on any atom is 0.256 e. The number of nitrogens with one attached hydrogen (secondary N) is 2. The van der Waals surface area contributed by atoms with Gasteiger partial charge in [0.15, 0.2) is 0 Å². The third kappa shape index (κ3) is 4.65. The second-order valence-corrected chi connectivity index (χ2v) is 5.89. The van der Waals surface area contributed by atoms with Gasteiger partial charge in [0.25, 0.3) is 5.91 Å². The molecule has 1 heterocycles. The molecule has 0 radical (unpaired) electrons. The van der Waals surface area contributed by atoms with E-state index in [2.05, 4.69) is 10.6 Å². The first kappa shape index (κ1) is 17.7. The van der Waals surface area contributed by atoms with Crippen LogP contribution >= 0.6 is 11.6 Å². The lowest BCUT2D eigenvalue weighted by Crippen LogP contribution is -2.45. The molecule has 0 unspecified atom stereocenters. The van der Waals surface area contributed by atoms with Crippen molar-refractivity contribution in [2.45, 2.75) is 25.8 Å². The molecule has 0 spiro atoms. The highest BCUT2D eigenvalue weighted by atomic mass is 35.5. The van der Waals surface area contributed by atoms with E-state index in [9.17, 15) is 14.0 Å². The molecule has 1 aromatic rings. The van der Waals surface area contributed by atoms with Gasteiger partial charge in [-0.2, -0.15) is 0 Å². The van der Waals surface area contributed by atoms with Crippen LogP contribution in [0.4, 0.5) is 4.39 Å². The van der Waals surface area contributed by atoms with E-state index < -0.39 is 11.7 Å². The van der Waals surface area contributed by atoms with Gasteiger partial charge in [-0.25, -0.2) is 4.39 Å². The van der Waals surface area contributed by atoms with Gasteiger partial charge in [0.2, 0.25) is 5.91 Å². The highest BCUT2D eigenvalue weighted by Crippen LogP contribution is 2.19. The average Bonchev–Trinajstić information content (AvgIpc) is 3.04. The lowest BCUT2D eigenvalue weighted by Gasteiger charge is -2.22. The monoisotopic (exact) mass is 342 g/mol. The van der Waals surface area contributed by atoms with E-state index in [-0.39, 0.29) is 29.1 Å². The summed E-state index contributed by atoms with van der Waals surface area (Å²) in [5.74, 6) is -1.45. The lowest BCUT2D eigenvalue weighted by molar-refractivity contribution is -0.121. The molecule has 0 aromatic heterocycles. The van der Waals surface area contributed by atoms with Crippen molar-refractivity contribution in [3.8, 4) is 0 Å². The van der Waals surface area contributed by atoms with E-state index >= 15 is 0 Å². The first-order valence-corrected chi connectivity index (χ1v) is 8.00.